The summed E-state index contributed by atoms with van der Waals surface area (Å²) >= 11 is 0. The van der Waals surface area contributed by atoms with Gasteiger partial charge in [0.2, 0.25) is 0 Å². The highest BCUT2D eigenvalue weighted by molar-refractivity contribution is 5.92. The molecule has 24 heavy (non-hydrogen) atoms. The molecular formula is C20H24N2O2. The van der Waals surface area contributed by atoms with Gasteiger partial charge in [-0.3, -0.25) is 4.79 Å². The zero-order valence-corrected chi connectivity index (χ0v) is 13.9. The van der Waals surface area contributed by atoms with E-state index in [1.54, 1.807) is 0 Å². The lowest BCUT2D eigenvalue weighted by Gasteiger charge is -2.31. The minimum Gasteiger partial charge on any atom is -0.360 e. The lowest BCUT2D eigenvalue weighted by molar-refractivity contribution is 0.0903. The van der Waals surface area contributed by atoms with E-state index in [2.05, 4.69) is 22.6 Å². The fraction of sp³-hybridized carbons (Fsp3) is 0.500. The fourth-order valence-corrected chi connectivity index (χ4v) is 3.77. The van der Waals surface area contributed by atoms with Gasteiger partial charge in [0.15, 0.2) is 5.69 Å². The van der Waals surface area contributed by atoms with Crippen LogP contribution in [0, 0.1) is 5.92 Å². The van der Waals surface area contributed by atoms with Crippen molar-refractivity contribution in [1.29, 1.82) is 0 Å². The Morgan fingerprint density at radius 3 is 2.54 bits per heavy atom. The summed E-state index contributed by atoms with van der Waals surface area (Å²) in [5.41, 5.74) is 1.59. The van der Waals surface area contributed by atoms with E-state index in [-0.39, 0.29) is 11.9 Å². The Kier molecular flexibility index (Phi) is 4.37. The molecule has 4 rings (SSSR count). The van der Waals surface area contributed by atoms with Gasteiger partial charge in [-0.2, -0.15) is 0 Å². The van der Waals surface area contributed by atoms with E-state index in [0.29, 0.717) is 17.5 Å². The van der Waals surface area contributed by atoms with Gasteiger partial charge in [0.25, 0.3) is 5.91 Å². The highest BCUT2D eigenvalue weighted by atomic mass is 16.5. The van der Waals surface area contributed by atoms with Gasteiger partial charge in [-0.1, -0.05) is 54.8 Å². The number of carbonyl (C=O) groups is 1. The molecule has 1 atom stereocenters. The van der Waals surface area contributed by atoms with Crippen LogP contribution in [0.25, 0.3) is 0 Å². The van der Waals surface area contributed by atoms with E-state index in [1.165, 1.54) is 37.7 Å². The van der Waals surface area contributed by atoms with Crippen molar-refractivity contribution in [2.45, 2.75) is 56.9 Å². The number of carbonyl (C=O) groups excluding carboxylic acids is 1. The normalized spacial score (nSPS) is 19.8. The molecule has 1 aromatic carbocycles. The number of hydrogen-bond donors (Lipinski definition) is 1. The number of aromatic nitrogens is 1. The monoisotopic (exact) mass is 324 g/mol. The fourth-order valence-electron chi connectivity index (χ4n) is 3.77. The van der Waals surface area contributed by atoms with Gasteiger partial charge in [0.05, 0.1) is 6.04 Å². The van der Waals surface area contributed by atoms with E-state index in [1.807, 2.05) is 24.3 Å². The second kappa shape index (κ2) is 6.80. The summed E-state index contributed by atoms with van der Waals surface area (Å²) in [4.78, 5) is 12.7. The molecule has 1 aromatic heterocycles. The molecule has 1 N–H and O–H groups in total. The molecule has 126 valence electrons. The quantitative estimate of drug-likeness (QED) is 0.874. The second-order valence-corrected chi connectivity index (χ2v) is 7.15. The molecule has 0 saturated heterocycles. The van der Waals surface area contributed by atoms with Gasteiger partial charge in [0, 0.05) is 12.0 Å². The van der Waals surface area contributed by atoms with Crippen molar-refractivity contribution in [1.82, 2.24) is 10.5 Å². The predicted molar refractivity (Wildman–Crippen MR) is 91.7 cm³/mol. The summed E-state index contributed by atoms with van der Waals surface area (Å²) < 4.78 is 5.33. The SMILES string of the molecule is O=C(NC(c1ccccc1)C1CCCCC1)c1cc(C2CC2)on1. The lowest BCUT2D eigenvalue weighted by atomic mass is 9.81. The van der Waals surface area contributed by atoms with Crippen molar-refractivity contribution in [2.24, 2.45) is 5.92 Å². The summed E-state index contributed by atoms with van der Waals surface area (Å²) in [6.45, 7) is 0. The Labute approximate surface area is 142 Å². The molecule has 2 fully saturated rings. The zero-order chi connectivity index (χ0) is 16.4. The van der Waals surface area contributed by atoms with Crippen LogP contribution in [0.5, 0.6) is 0 Å². The zero-order valence-electron chi connectivity index (χ0n) is 13.9. The third kappa shape index (κ3) is 3.37. The summed E-state index contributed by atoms with van der Waals surface area (Å²) in [6.07, 6.45) is 8.44. The Bertz CT molecular complexity index is 685. The minimum absolute atomic E-state index is 0.0556. The van der Waals surface area contributed by atoms with Gasteiger partial charge >= 0.3 is 0 Å². The molecule has 1 amide bonds. The molecule has 1 heterocycles. The third-order valence-electron chi connectivity index (χ3n) is 5.31. The van der Waals surface area contributed by atoms with Crippen LogP contribution in [0.3, 0.4) is 0 Å². The summed E-state index contributed by atoms with van der Waals surface area (Å²) in [7, 11) is 0. The Hall–Kier alpha value is -2.10. The molecule has 1 unspecified atom stereocenters. The summed E-state index contributed by atoms with van der Waals surface area (Å²) in [6, 6.07) is 12.2. The lowest BCUT2D eigenvalue weighted by Crippen LogP contribution is -2.34. The molecule has 2 aromatic rings. The van der Waals surface area contributed by atoms with Gasteiger partial charge < -0.3 is 9.84 Å². The first kappa shape index (κ1) is 15.4. The maximum atomic E-state index is 12.7. The number of rotatable bonds is 5. The van der Waals surface area contributed by atoms with Crippen LogP contribution < -0.4 is 5.32 Å². The van der Waals surface area contributed by atoms with E-state index >= 15 is 0 Å². The van der Waals surface area contributed by atoms with Crippen LogP contribution in [-0.2, 0) is 0 Å². The number of benzene rings is 1. The third-order valence-corrected chi connectivity index (χ3v) is 5.31. The van der Waals surface area contributed by atoms with E-state index in [9.17, 15) is 4.79 Å². The first-order valence-corrected chi connectivity index (χ1v) is 9.13. The van der Waals surface area contributed by atoms with Crippen LogP contribution in [0.4, 0.5) is 0 Å². The van der Waals surface area contributed by atoms with Crippen LogP contribution in [0.1, 0.15) is 78.7 Å². The molecular weight excluding hydrogens is 300 g/mol. The standard InChI is InChI=1S/C20H24N2O2/c23-20(17-13-18(24-22-17)14-11-12-14)21-19(15-7-3-1-4-8-15)16-9-5-2-6-10-16/h1,3-4,7-8,13-14,16,19H,2,5-6,9-12H2,(H,21,23). The second-order valence-electron chi connectivity index (χ2n) is 7.15. The van der Waals surface area contributed by atoms with Crippen LogP contribution >= 0.6 is 0 Å². The molecule has 4 nitrogen and oxygen atoms in total. The van der Waals surface area contributed by atoms with Gasteiger partial charge in [0.1, 0.15) is 5.76 Å². The Balaban J connectivity index is 1.52. The molecule has 2 saturated carbocycles. The van der Waals surface area contributed by atoms with Crippen molar-refractivity contribution >= 4 is 5.91 Å². The highest BCUT2D eigenvalue weighted by Gasteiger charge is 2.31. The molecule has 0 radical (unpaired) electrons. The van der Waals surface area contributed by atoms with Crippen LogP contribution in [0.15, 0.2) is 40.9 Å². The summed E-state index contributed by atoms with van der Waals surface area (Å²) in [5, 5.41) is 7.21. The minimum atomic E-state index is -0.120. The van der Waals surface area contributed by atoms with E-state index < -0.39 is 0 Å². The van der Waals surface area contributed by atoms with Crippen molar-refractivity contribution < 1.29 is 9.32 Å². The summed E-state index contributed by atoms with van der Waals surface area (Å²) in [5.74, 6) is 1.71. The van der Waals surface area contributed by atoms with Crippen molar-refractivity contribution in [3.63, 3.8) is 0 Å². The first-order valence-electron chi connectivity index (χ1n) is 9.13. The number of amides is 1. The Morgan fingerprint density at radius 2 is 1.83 bits per heavy atom. The van der Waals surface area contributed by atoms with E-state index in [4.69, 9.17) is 4.52 Å². The molecule has 2 aliphatic carbocycles. The van der Waals surface area contributed by atoms with Gasteiger partial charge in [-0.05, 0) is 37.2 Å². The van der Waals surface area contributed by atoms with Crippen molar-refractivity contribution in [2.75, 3.05) is 0 Å². The molecule has 4 heteroatoms. The predicted octanol–water partition coefficient (Wildman–Crippen LogP) is 4.60. The molecule has 0 spiro atoms. The van der Waals surface area contributed by atoms with E-state index in [0.717, 1.165) is 18.6 Å². The van der Waals surface area contributed by atoms with Crippen molar-refractivity contribution in [3.05, 3.63) is 53.4 Å². The number of nitrogens with zero attached hydrogens (tertiary/aromatic N) is 1. The van der Waals surface area contributed by atoms with Crippen molar-refractivity contribution in [3.8, 4) is 0 Å². The molecule has 0 aliphatic heterocycles. The smallest absolute Gasteiger partial charge is 0.273 e. The van der Waals surface area contributed by atoms with Gasteiger partial charge in [-0.25, -0.2) is 0 Å². The number of hydrogen-bond acceptors (Lipinski definition) is 3. The molecule has 2 aliphatic rings. The molecule has 0 bridgehead atoms. The van der Waals surface area contributed by atoms with Crippen LogP contribution in [-0.4, -0.2) is 11.1 Å². The van der Waals surface area contributed by atoms with Gasteiger partial charge in [-0.15, -0.1) is 0 Å². The maximum absolute atomic E-state index is 12.7. The topological polar surface area (TPSA) is 55.1 Å². The van der Waals surface area contributed by atoms with Crippen LogP contribution in [0.2, 0.25) is 0 Å². The Morgan fingerprint density at radius 1 is 1.08 bits per heavy atom. The first-order chi connectivity index (χ1) is 11.8. The highest BCUT2D eigenvalue weighted by Crippen LogP contribution is 2.40. The largest absolute Gasteiger partial charge is 0.360 e. The maximum Gasteiger partial charge on any atom is 0.273 e. The average Bonchev–Trinajstić information content (AvgIpc) is 3.38. The number of nitrogens with one attached hydrogen (secondary N) is 1. The average molecular weight is 324 g/mol.